The molecule has 0 N–H and O–H groups in total. The topological polar surface area (TPSA) is 13.1 Å². The van der Waals surface area contributed by atoms with Crippen LogP contribution in [0.1, 0.15) is 104 Å². The summed E-state index contributed by atoms with van der Waals surface area (Å²) in [6.07, 6.45) is 17.3. The highest BCUT2D eigenvalue weighted by Crippen LogP contribution is 2.68. The second-order valence-corrected chi connectivity index (χ2v) is 15.0. The molecule has 3 fully saturated rings. The largest absolute Gasteiger partial charge is 0.468 e. The SMILES string of the molecule is CC(C)CCC[C@H](C)[C@@H]1CC[C@@H]2[C@@H]3CC[C@@H]4Cc5c(-c6ccccc6Cl)coc5C[C@]4(C)[C@@H]3CC[C@]21C. The summed E-state index contributed by atoms with van der Waals surface area (Å²) in [4.78, 5) is 0. The Labute approximate surface area is 231 Å². The summed E-state index contributed by atoms with van der Waals surface area (Å²) in [6, 6.07) is 8.28. The van der Waals surface area contributed by atoms with Crippen molar-refractivity contribution in [3.05, 3.63) is 46.9 Å². The highest BCUT2D eigenvalue weighted by molar-refractivity contribution is 6.33. The first-order valence-electron chi connectivity index (χ1n) is 15.6. The predicted molar refractivity (Wildman–Crippen MR) is 156 cm³/mol. The third kappa shape index (κ3) is 4.25. The molecule has 1 aromatic carbocycles. The predicted octanol–water partition coefficient (Wildman–Crippen LogP) is 10.6. The average Bonchev–Trinajstić information content (AvgIpc) is 3.42. The van der Waals surface area contributed by atoms with Crippen LogP contribution < -0.4 is 0 Å². The molecule has 0 unspecified atom stereocenters. The van der Waals surface area contributed by atoms with Gasteiger partial charge in [-0.2, -0.15) is 0 Å². The summed E-state index contributed by atoms with van der Waals surface area (Å²) in [5.74, 6) is 7.43. The normalized spacial score (nSPS) is 37.5. The number of rotatable bonds is 6. The van der Waals surface area contributed by atoms with Crippen LogP contribution in [0, 0.1) is 52.3 Å². The Morgan fingerprint density at radius 2 is 1.70 bits per heavy atom. The van der Waals surface area contributed by atoms with Crippen molar-refractivity contribution in [2.75, 3.05) is 0 Å². The zero-order valence-corrected chi connectivity index (χ0v) is 24.7. The number of hydrogen-bond donors (Lipinski definition) is 0. The zero-order chi connectivity index (χ0) is 25.9. The van der Waals surface area contributed by atoms with Gasteiger partial charge in [-0.1, -0.05) is 83.7 Å². The number of fused-ring (bicyclic) bond motifs is 6. The molecule has 1 heterocycles. The van der Waals surface area contributed by atoms with Crippen LogP contribution in [0.2, 0.25) is 5.02 Å². The Balaban J connectivity index is 1.22. The van der Waals surface area contributed by atoms with Crippen LogP contribution in [0.4, 0.5) is 0 Å². The van der Waals surface area contributed by atoms with Gasteiger partial charge in [-0.05, 0) is 103 Å². The molecule has 4 aliphatic carbocycles. The van der Waals surface area contributed by atoms with Crippen LogP contribution in [0.5, 0.6) is 0 Å². The maximum Gasteiger partial charge on any atom is 0.108 e. The molecule has 0 radical (unpaired) electrons. The molecule has 1 nitrogen and oxygen atoms in total. The first kappa shape index (κ1) is 26.0. The van der Waals surface area contributed by atoms with Crippen molar-refractivity contribution in [1.29, 1.82) is 0 Å². The summed E-state index contributed by atoms with van der Waals surface area (Å²) in [5, 5.41) is 0.837. The lowest BCUT2D eigenvalue weighted by molar-refractivity contribution is -0.105. The molecular formula is C35H49ClO. The van der Waals surface area contributed by atoms with Crippen LogP contribution in [-0.2, 0) is 12.8 Å². The number of hydrogen-bond acceptors (Lipinski definition) is 1. The average molecular weight is 521 g/mol. The summed E-state index contributed by atoms with van der Waals surface area (Å²) < 4.78 is 6.34. The molecule has 0 spiro atoms. The third-order valence-corrected chi connectivity index (χ3v) is 12.7. The highest BCUT2D eigenvalue weighted by Gasteiger charge is 2.60. The van der Waals surface area contributed by atoms with Crippen molar-refractivity contribution in [1.82, 2.24) is 0 Å². The molecule has 37 heavy (non-hydrogen) atoms. The van der Waals surface area contributed by atoms with Crippen molar-refractivity contribution in [2.24, 2.45) is 52.3 Å². The van der Waals surface area contributed by atoms with Gasteiger partial charge in [0.2, 0.25) is 0 Å². The smallest absolute Gasteiger partial charge is 0.108 e. The van der Waals surface area contributed by atoms with Crippen molar-refractivity contribution in [2.45, 2.75) is 105 Å². The molecule has 4 aliphatic rings. The van der Waals surface area contributed by atoms with E-state index in [1.54, 1.807) is 0 Å². The van der Waals surface area contributed by atoms with E-state index < -0.39 is 0 Å². The molecule has 1 aromatic heterocycles. The first-order valence-corrected chi connectivity index (χ1v) is 15.9. The molecule has 6 rings (SSSR count). The van der Waals surface area contributed by atoms with E-state index in [-0.39, 0.29) is 0 Å². The number of benzene rings is 1. The molecule has 0 bridgehead atoms. The van der Waals surface area contributed by atoms with Gasteiger partial charge in [0.1, 0.15) is 5.76 Å². The maximum absolute atomic E-state index is 6.61. The van der Waals surface area contributed by atoms with E-state index in [1.807, 2.05) is 18.4 Å². The molecule has 0 aliphatic heterocycles. The van der Waals surface area contributed by atoms with Crippen molar-refractivity contribution < 1.29 is 4.42 Å². The quantitative estimate of drug-likeness (QED) is 0.369. The van der Waals surface area contributed by atoms with E-state index in [0.29, 0.717) is 10.8 Å². The lowest BCUT2D eigenvalue weighted by atomic mass is 9.44. The highest BCUT2D eigenvalue weighted by atomic mass is 35.5. The first-order chi connectivity index (χ1) is 17.7. The van der Waals surface area contributed by atoms with Crippen molar-refractivity contribution >= 4 is 11.6 Å². The lowest BCUT2D eigenvalue weighted by Crippen LogP contribution is -2.54. The van der Waals surface area contributed by atoms with E-state index in [4.69, 9.17) is 16.0 Å². The standard InChI is InChI=1S/C35H49ClO/c1-22(2)9-8-10-23(3)29-15-16-30-26-14-13-24-19-27-28(25-11-6-7-12-32(25)36)21-37-33(27)20-35(24,5)31(26)17-18-34(29,30)4/h6-7,11-12,21-24,26,29-31H,8-10,13-20H2,1-5H3/t23-,24+,26-,29-,30+,31+,34-,35-/m0/s1. The summed E-state index contributed by atoms with van der Waals surface area (Å²) in [5.41, 5.74) is 4.79. The molecule has 0 saturated heterocycles. The summed E-state index contributed by atoms with van der Waals surface area (Å²) in [7, 11) is 0. The minimum atomic E-state index is 0.383. The van der Waals surface area contributed by atoms with Crippen molar-refractivity contribution in [3.63, 3.8) is 0 Å². The Kier molecular flexibility index (Phi) is 6.87. The van der Waals surface area contributed by atoms with Gasteiger partial charge in [-0.15, -0.1) is 0 Å². The Hall–Kier alpha value is -1.21. The van der Waals surface area contributed by atoms with Crippen LogP contribution in [-0.4, -0.2) is 0 Å². The van der Waals surface area contributed by atoms with Gasteiger partial charge < -0.3 is 4.42 Å². The molecular weight excluding hydrogens is 472 g/mol. The fraction of sp³-hybridized carbons (Fsp3) is 0.714. The summed E-state index contributed by atoms with van der Waals surface area (Å²) in [6.45, 7) is 12.7. The Morgan fingerprint density at radius 3 is 2.49 bits per heavy atom. The van der Waals surface area contributed by atoms with Crippen LogP contribution in [0.25, 0.3) is 11.1 Å². The molecule has 202 valence electrons. The molecule has 8 atom stereocenters. The summed E-state index contributed by atoms with van der Waals surface area (Å²) >= 11 is 6.61. The monoisotopic (exact) mass is 520 g/mol. The number of halogens is 1. The maximum atomic E-state index is 6.61. The van der Waals surface area contributed by atoms with E-state index >= 15 is 0 Å². The fourth-order valence-corrected chi connectivity index (χ4v) is 10.7. The third-order valence-electron chi connectivity index (χ3n) is 12.4. The molecule has 3 saturated carbocycles. The van der Waals surface area contributed by atoms with Gasteiger partial charge >= 0.3 is 0 Å². The van der Waals surface area contributed by atoms with Crippen molar-refractivity contribution in [3.8, 4) is 11.1 Å². The van der Waals surface area contributed by atoms with Crippen LogP contribution in [0.3, 0.4) is 0 Å². The molecule has 2 heteroatoms. The van der Waals surface area contributed by atoms with E-state index in [9.17, 15) is 0 Å². The van der Waals surface area contributed by atoms with Gasteiger partial charge in [0.05, 0.1) is 6.26 Å². The second-order valence-electron chi connectivity index (χ2n) is 14.6. The van der Waals surface area contributed by atoms with E-state index in [1.165, 1.54) is 81.1 Å². The van der Waals surface area contributed by atoms with Gasteiger partial charge in [0, 0.05) is 28.1 Å². The second kappa shape index (κ2) is 9.76. The van der Waals surface area contributed by atoms with Gasteiger partial charge in [0.15, 0.2) is 0 Å². The molecule has 0 amide bonds. The van der Waals surface area contributed by atoms with E-state index in [0.717, 1.165) is 58.4 Å². The van der Waals surface area contributed by atoms with Crippen LogP contribution >= 0.6 is 11.6 Å². The van der Waals surface area contributed by atoms with E-state index in [2.05, 4.69) is 46.8 Å². The van der Waals surface area contributed by atoms with Gasteiger partial charge in [-0.25, -0.2) is 0 Å². The van der Waals surface area contributed by atoms with Gasteiger partial charge in [0.25, 0.3) is 0 Å². The zero-order valence-electron chi connectivity index (χ0n) is 24.0. The minimum Gasteiger partial charge on any atom is -0.468 e. The minimum absolute atomic E-state index is 0.383. The number of furan rings is 1. The Morgan fingerprint density at radius 1 is 0.919 bits per heavy atom. The van der Waals surface area contributed by atoms with Crippen LogP contribution in [0.15, 0.2) is 34.9 Å². The Bertz CT molecular complexity index is 1110. The molecule has 2 aromatic rings. The van der Waals surface area contributed by atoms with Gasteiger partial charge in [-0.3, -0.25) is 0 Å². The fourth-order valence-electron chi connectivity index (χ4n) is 10.5. The lowest BCUT2D eigenvalue weighted by Gasteiger charge is -2.60.